The monoisotopic (exact) mass is 333 g/mol. The zero-order valence-corrected chi connectivity index (χ0v) is 14.2. The van der Waals surface area contributed by atoms with Crippen LogP contribution >= 0.6 is 0 Å². The lowest BCUT2D eigenvalue weighted by atomic mass is 9.99. The second-order valence-electron chi connectivity index (χ2n) is 6.58. The molecule has 2 fully saturated rings. The molecule has 1 aromatic rings. The fourth-order valence-corrected chi connectivity index (χ4v) is 3.19. The summed E-state index contributed by atoms with van der Waals surface area (Å²) in [4.78, 5) is 12.3. The van der Waals surface area contributed by atoms with Gasteiger partial charge in [-0.15, -0.1) is 0 Å². The summed E-state index contributed by atoms with van der Waals surface area (Å²) in [6, 6.07) is 7.88. The molecule has 1 atom stereocenters. The molecule has 5 nitrogen and oxygen atoms in total. The summed E-state index contributed by atoms with van der Waals surface area (Å²) in [5.41, 5.74) is 1.90. The van der Waals surface area contributed by atoms with Crippen LogP contribution in [0.15, 0.2) is 24.3 Å². The summed E-state index contributed by atoms with van der Waals surface area (Å²) in [6.45, 7) is 3.38. The second kappa shape index (κ2) is 9.16. The molecule has 132 valence electrons. The molecular weight excluding hydrogens is 306 g/mol. The molecule has 0 aliphatic carbocycles. The lowest BCUT2D eigenvalue weighted by Gasteiger charge is -2.22. The Bertz CT molecular complexity index is 522. The Hall–Kier alpha value is -1.43. The van der Waals surface area contributed by atoms with Crippen molar-refractivity contribution >= 4 is 11.6 Å². The molecule has 24 heavy (non-hydrogen) atoms. The van der Waals surface area contributed by atoms with Crippen LogP contribution in [0.25, 0.3) is 0 Å². The van der Waals surface area contributed by atoms with Gasteiger partial charge in [-0.1, -0.05) is 12.1 Å². The number of nitrogens with one attached hydrogen (secondary N) is 1. The van der Waals surface area contributed by atoms with Crippen LogP contribution in [0.3, 0.4) is 0 Å². The number of ether oxygens (including phenoxy) is 3. The Labute approximate surface area is 143 Å². The Morgan fingerprint density at radius 2 is 2.04 bits per heavy atom. The minimum atomic E-state index is 0.0575. The van der Waals surface area contributed by atoms with Gasteiger partial charge >= 0.3 is 0 Å². The highest BCUT2D eigenvalue weighted by Gasteiger charge is 2.21. The average molecular weight is 333 g/mol. The van der Waals surface area contributed by atoms with Crippen molar-refractivity contribution in [3.05, 3.63) is 29.8 Å². The van der Waals surface area contributed by atoms with Gasteiger partial charge in [-0.05, 0) is 49.8 Å². The SMILES string of the molecule is O=C(Nc1cccc(COCC2CCCCO2)c1)C1CCOCC1. The zero-order valence-electron chi connectivity index (χ0n) is 14.2. The number of hydrogen-bond acceptors (Lipinski definition) is 4. The molecule has 2 aliphatic rings. The van der Waals surface area contributed by atoms with Crippen molar-refractivity contribution in [1.29, 1.82) is 0 Å². The highest BCUT2D eigenvalue weighted by atomic mass is 16.5. The number of hydrogen-bond donors (Lipinski definition) is 1. The van der Waals surface area contributed by atoms with Crippen LogP contribution in [-0.4, -0.2) is 38.4 Å². The largest absolute Gasteiger partial charge is 0.381 e. The third-order valence-electron chi connectivity index (χ3n) is 4.63. The van der Waals surface area contributed by atoms with Crippen LogP contribution in [-0.2, 0) is 25.6 Å². The van der Waals surface area contributed by atoms with Gasteiger partial charge < -0.3 is 19.5 Å². The molecule has 0 saturated carbocycles. The summed E-state index contributed by atoms with van der Waals surface area (Å²) in [5, 5.41) is 3.02. The lowest BCUT2D eigenvalue weighted by molar-refractivity contribution is -0.122. The van der Waals surface area contributed by atoms with Crippen molar-refractivity contribution in [3.8, 4) is 0 Å². The maximum absolute atomic E-state index is 12.3. The van der Waals surface area contributed by atoms with Gasteiger partial charge in [0.1, 0.15) is 0 Å². The quantitative estimate of drug-likeness (QED) is 0.869. The van der Waals surface area contributed by atoms with E-state index in [1.54, 1.807) is 0 Å². The van der Waals surface area contributed by atoms with Gasteiger partial charge in [0.15, 0.2) is 0 Å². The van der Waals surface area contributed by atoms with Gasteiger partial charge in [-0.2, -0.15) is 0 Å². The molecular formula is C19H27NO4. The van der Waals surface area contributed by atoms with E-state index in [2.05, 4.69) is 5.32 Å². The molecule has 0 bridgehead atoms. The van der Waals surface area contributed by atoms with E-state index in [1.807, 2.05) is 24.3 Å². The summed E-state index contributed by atoms with van der Waals surface area (Å²) in [7, 11) is 0. The summed E-state index contributed by atoms with van der Waals surface area (Å²) < 4.78 is 16.8. The van der Waals surface area contributed by atoms with Crippen molar-refractivity contribution in [1.82, 2.24) is 0 Å². The van der Waals surface area contributed by atoms with E-state index in [0.717, 1.165) is 43.5 Å². The molecule has 0 radical (unpaired) electrons. The fourth-order valence-electron chi connectivity index (χ4n) is 3.19. The second-order valence-corrected chi connectivity index (χ2v) is 6.58. The van der Waals surface area contributed by atoms with Crippen LogP contribution in [0.2, 0.25) is 0 Å². The maximum Gasteiger partial charge on any atom is 0.227 e. The molecule has 2 heterocycles. The molecule has 1 N–H and O–H groups in total. The number of anilines is 1. The van der Waals surface area contributed by atoms with Crippen molar-refractivity contribution < 1.29 is 19.0 Å². The minimum Gasteiger partial charge on any atom is -0.381 e. The van der Waals surface area contributed by atoms with E-state index in [0.29, 0.717) is 26.4 Å². The Balaban J connectivity index is 1.45. The summed E-state index contributed by atoms with van der Waals surface area (Å²) in [6.07, 6.45) is 5.30. The predicted molar refractivity (Wildman–Crippen MR) is 91.9 cm³/mol. The van der Waals surface area contributed by atoms with Crippen LogP contribution in [0.1, 0.15) is 37.7 Å². The van der Waals surface area contributed by atoms with E-state index in [4.69, 9.17) is 14.2 Å². The average Bonchev–Trinajstić information content (AvgIpc) is 2.64. The van der Waals surface area contributed by atoms with E-state index in [-0.39, 0.29) is 17.9 Å². The molecule has 1 unspecified atom stereocenters. The van der Waals surface area contributed by atoms with Gasteiger partial charge in [0.25, 0.3) is 0 Å². The molecule has 1 aromatic carbocycles. The first-order chi connectivity index (χ1) is 11.8. The number of carbonyl (C=O) groups excluding carboxylic acids is 1. The zero-order chi connectivity index (χ0) is 16.6. The fraction of sp³-hybridized carbons (Fsp3) is 0.632. The Morgan fingerprint density at radius 1 is 1.17 bits per heavy atom. The first-order valence-electron chi connectivity index (χ1n) is 8.98. The standard InChI is InChI=1S/C19H27NO4/c21-19(16-7-10-22-11-8-16)20-17-5-3-4-15(12-17)13-23-14-18-6-1-2-9-24-18/h3-5,12,16,18H,1-2,6-11,13-14H2,(H,20,21). The number of rotatable bonds is 6. The highest BCUT2D eigenvalue weighted by molar-refractivity contribution is 5.92. The van der Waals surface area contributed by atoms with E-state index < -0.39 is 0 Å². The first-order valence-corrected chi connectivity index (χ1v) is 8.98. The summed E-state index contributed by atoms with van der Waals surface area (Å²) in [5.74, 6) is 0.147. The lowest BCUT2D eigenvalue weighted by Crippen LogP contribution is -2.28. The third kappa shape index (κ3) is 5.30. The topological polar surface area (TPSA) is 56.8 Å². The van der Waals surface area contributed by atoms with Crippen LogP contribution in [0, 0.1) is 5.92 Å². The molecule has 2 aliphatic heterocycles. The van der Waals surface area contributed by atoms with E-state index in [9.17, 15) is 4.79 Å². The Kier molecular flexibility index (Phi) is 6.64. The maximum atomic E-state index is 12.3. The van der Waals surface area contributed by atoms with Gasteiger partial charge in [-0.25, -0.2) is 0 Å². The van der Waals surface area contributed by atoms with Gasteiger partial charge in [0.05, 0.1) is 19.3 Å². The molecule has 0 spiro atoms. The first kappa shape index (κ1) is 17.4. The van der Waals surface area contributed by atoms with Crippen molar-refractivity contribution in [2.75, 3.05) is 31.7 Å². The normalized spacial score (nSPS) is 22.2. The van der Waals surface area contributed by atoms with Crippen LogP contribution < -0.4 is 5.32 Å². The summed E-state index contributed by atoms with van der Waals surface area (Å²) >= 11 is 0. The van der Waals surface area contributed by atoms with Crippen molar-refractivity contribution in [3.63, 3.8) is 0 Å². The predicted octanol–water partition coefficient (Wildman–Crippen LogP) is 3.14. The smallest absolute Gasteiger partial charge is 0.227 e. The van der Waals surface area contributed by atoms with E-state index >= 15 is 0 Å². The highest BCUT2D eigenvalue weighted by Crippen LogP contribution is 2.19. The van der Waals surface area contributed by atoms with Crippen LogP contribution in [0.4, 0.5) is 5.69 Å². The van der Waals surface area contributed by atoms with Crippen LogP contribution in [0.5, 0.6) is 0 Å². The molecule has 3 rings (SSSR count). The number of amides is 1. The molecule has 2 saturated heterocycles. The van der Waals surface area contributed by atoms with Gasteiger partial charge in [-0.3, -0.25) is 4.79 Å². The molecule has 5 heteroatoms. The number of carbonyl (C=O) groups is 1. The number of benzene rings is 1. The van der Waals surface area contributed by atoms with Gasteiger partial charge in [0.2, 0.25) is 5.91 Å². The van der Waals surface area contributed by atoms with Crippen molar-refractivity contribution in [2.45, 2.75) is 44.8 Å². The molecule has 1 amide bonds. The Morgan fingerprint density at radius 3 is 2.83 bits per heavy atom. The minimum absolute atomic E-state index is 0.0575. The van der Waals surface area contributed by atoms with Crippen molar-refractivity contribution in [2.24, 2.45) is 5.92 Å². The molecule has 0 aromatic heterocycles. The third-order valence-corrected chi connectivity index (χ3v) is 4.63. The van der Waals surface area contributed by atoms with Gasteiger partial charge in [0, 0.05) is 31.4 Å². The van der Waals surface area contributed by atoms with E-state index in [1.165, 1.54) is 6.42 Å².